The highest BCUT2D eigenvalue weighted by Crippen LogP contribution is 2.48. The van der Waals surface area contributed by atoms with Gasteiger partial charge in [-0.05, 0) is 31.6 Å². The van der Waals surface area contributed by atoms with E-state index in [0.717, 1.165) is 6.42 Å². The van der Waals surface area contributed by atoms with Gasteiger partial charge in [-0.25, -0.2) is 0 Å². The molecule has 0 saturated heterocycles. The van der Waals surface area contributed by atoms with Crippen LogP contribution in [0.5, 0.6) is 0 Å². The zero-order chi connectivity index (χ0) is 9.19. The van der Waals surface area contributed by atoms with Crippen LogP contribution in [0.15, 0.2) is 0 Å². The molecule has 1 saturated carbocycles. The van der Waals surface area contributed by atoms with E-state index in [2.05, 4.69) is 32.0 Å². The quantitative estimate of drug-likeness (QED) is 0.630. The summed E-state index contributed by atoms with van der Waals surface area (Å²) < 4.78 is 0. The second-order valence-electron chi connectivity index (χ2n) is 4.17. The lowest BCUT2D eigenvalue weighted by Gasteiger charge is -2.23. The Morgan fingerprint density at radius 3 is 2.50 bits per heavy atom. The number of rotatable bonds is 4. The molecule has 2 unspecified atom stereocenters. The van der Waals surface area contributed by atoms with Crippen molar-refractivity contribution in [1.82, 2.24) is 5.32 Å². The van der Waals surface area contributed by atoms with Crippen molar-refractivity contribution in [2.75, 3.05) is 0 Å². The van der Waals surface area contributed by atoms with Gasteiger partial charge in [0.15, 0.2) is 0 Å². The summed E-state index contributed by atoms with van der Waals surface area (Å²) in [6.45, 7) is 6.69. The Balaban J connectivity index is 2.35. The van der Waals surface area contributed by atoms with Crippen LogP contribution in [0.3, 0.4) is 0 Å². The maximum absolute atomic E-state index is 5.38. The van der Waals surface area contributed by atoms with Crippen LogP contribution in [0, 0.1) is 17.8 Å². The highest BCUT2D eigenvalue weighted by molar-refractivity contribution is 5.03. The third-order valence-corrected chi connectivity index (χ3v) is 3.14. The van der Waals surface area contributed by atoms with Crippen molar-refractivity contribution in [3.8, 4) is 12.3 Å². The first-order valence-electron chi connectivity index (χ1n) is 4.84. The van der Waals surface area contributed by atoms with Gasteiger partial charge in [-0.3, -0.25) is 0 Å². The van der Waals surface area contributed by atoms with Gasteiger partial charge in [0, 0.05) is 6.04 Å². The molecule has 1 fully saturated rings. The van der Waals surface area contributed by atoms with Gasteiger partial charge < -0.3 is 5.32 Å². The van der Waals surface area contributed by atoms with Crippen LogP contribution in [0.2, 0.25) is 0 Å². The topological polar surface area (TPSA) is 12.0 Å². The fourth-order valence-corrected chi connectivity index (χ4v) is 1.42. The van der Waals surface area contributed by atoms with E-state index in [1.807, 2.05) is 0 Å². The molecule has 0 aliphatic heterocycles. The minimum Gasteiger partial charge on any atom is -0.301 e. The van der Waals surface area contributed by atoms with Crippen molar-refractivity contribution < 1.29 is 0 Å². The zero-order valence-corrected chi connectivity index (χ0v) is 8.35. The van der Waals surface area contributed by atoms with Crippen molar-refractivity contribution in [1.29, 1.82) is 0 Å². The summed E-state index contributed by atoms with van der Waals surface area (Å²) in [5.74, 6) is 2.77. The van der Waals surface area contributed by atoms with Gasteiger partial charge >= 0.3 is 0 Å². The van der Waals surface area contributed by atoms with Crippen LogP contribution in [0.1, 0.15) is 40.0 Å². The highest BCUT2D eigenvalue weighted by atomic mass is 15.0. The third-order valence-electron chi connectivity index (χ3n) is 3.14. The van der Waals surface area contributed by atoms with Crippen LogP contribution < -0.4 is 5.32 Å². The number of hydrogen-bond donors (Lipinski definition) is 1. The largest absolute Gasteiger partial charge is 0.301 e. The lowest BCUT2D eigenvalue weighted by molar-refractivity contribution is 0.360. The molecule has 2 atom stereocenters. The lowest BCUT2D eigenvalue weighted by Crippen LogP contribution is -2.40. The Morgan fingerprint density at radius 2 is 2.17 bits per heavy atom. The first kappa shape index (κ1) is 9.61. The first-order chi connectivity index (χ1) is 5.62. The van der Waals surface area contributed by atoms with Crippen molar-refractivity contribution in [2.45, 2.75) is 52.1 Å². The summed E-state index contributed by atoms with van der Waals surface area (Å²) in [5.41, 5.74) is 0.532. The van der Waals surface area contributed by atoms with Crippen LogP contribution in [0.25, 0.3) is 0 Å². The highest BCUT2D eigenvalue weighted by Gasteiger charge is 2.42. The van der Waals surface area contributed by atoms with E-state index in [1.54, 1.807) is 0 Å². The Bertz CT molecular complexity index is 186. The Hall–Kier alpha value is -0.480. The molecule has 0 aromatic carbocycles. The van der Waals surface area contributed by atoms with E-state index >= 15 is 0 Å². The van der Waals surface area contributed by atoms with E-state index in [-0.39, 0.29) is 6.04 Å². The van der Waals surface area contributed by atoms with Gasteiger partial charge in [0.05, 0.1) is 6.04 Å². The van der Waals surface area contributed by atoms with Gasteiger partial charge in [0.25, 0.3) is 0 Å². The molecule has 0 spiro atoms. The SMILES string of the molecule is C#CC(CC)NC(C)C1(C)CC1. The zero-order valence-electron chi connectivity index (χ0n) is 8.35. The molecule has 1 rings (SSSR count). The van der Waals surface area contributed by atoms with Gasteiger partial charge in [0.2, 0.25) is 0 Å². The van der Waals surface area contributed by atoms with E-state index < -0.39 is 0 Å². The maximum Gasteiger partial charge on any atom is 0.0686 e. The van der Waals surface area contributed by atoms with E-state index in [9.17, 15) is 0 Å². The predicted molar refractivity (Wildman–Crippen MR) is 52.9 cm³/mol. The third kappa shape index (κ3) is 2.01. The van der Waals surface area contributed by atoms with Gasteiger partial charge in [-0.1, -0.05) is 19.8 Å². The van der Waals surface area contributed by atoms with Gasteiger partial charge in [-0.2, -0.15) is 0 Å². The fourth-order valence-electron chi connectivity index (χ4n) is 1.42. The molecule has 0 aromatic rings. The first-order valence-corrected chi connectivity index (χ1v) is 4.84. The van der Waals surface area contributed by atoms with Gasteiger partial charge in [0.1, 0.15) is 0 Å². The lowest BCUT2D eigenvalue weighted by atomic mass is 9.99. The molecule has 0 bridgehead atoms. The Morgan fingerprint density at radius 1 is 1.58 bits per heavy atom. The number of hydrogen-bond acceptors (Lipinski definition) is 1. The average Bonchev–Trinajstić information content (AvgIpc) is 2.80. The molecule has 0 heterocycles. The molecule has 1 aliphatic rings. The van der Waals surface area contributed by atoms with Crippen molar-refractivity contribution in [3.05, 3.63) is 0 Å². The number of nitrogens with one attached hydrogen (secondary N) is 1. The Kier molecular flexibility index (Phi) is 2.80. The normalized spacial score (nSPS) is 24.2. The van der Waals surface area contributed by atoms with Crippen molar-refractivity contribution >= 4 is 0 Å². The summed E-state index contributed by atoms with van der Waals surface area (Å²) in [5, 5.41) is 3.48. The standard InChI is InChI=1S/C11H19N/c1-5-10(6-2)12-9(3)11(4)7-8-11/h1,9-10,12H,6-8H2,2-4H3. The Labute approximate surface area is 75.9 Å². The minimum atomic E-state index is 0.262. The molecule has 1 heteroatoms. The smallest absolute Gasteiger partial charge is 0.0686 e. The molecule has 12 heavy (non-hydrogen) atoms. The molecular weight excluding hydrogens is 146 g/mol. The summed E-state index contributed by atoms with van der Waals surface area (Å²) in [4.78, 5) is 0. The second kappa shape index (κ2) is 3.49. The molecule has 0 aromatic heterocycles. The molecular formula is C11H19N. The summed E-state index contributed by atoms with van der Waals surface area (Å²) in [7, 11) is 0. The van der Waals surface area contributed by atoms with Crippen LogP contribution >= 0.6 is 0 Å². The van der Waals surface area contributed by atoms with Crippen LogP contribution in [0.4, 0.5) is 0 Å². The summed E-state index contributed by atoms with van der Waals surface area (Å²) >= 11 is 0. The maximum atomic E-state index is 5.38. The molecule has 1 N–H and O–H groups in total. The molecule has 1 aliphatic carbocycles. The second-order valence-corrected chi connectivity index (χ2v) is 4.17. The van der Waals surface area contributed by atoms with Crippen LogP contribution in [-0.4, -0.2) is 12.1 Å². The van der Waals surface area contributed by atoms with Crippen molar-refractivity contribution in [3.63, 3.8) is 0 Å². The van der Waals surface area contributed by atoms with Crippen molar-refractivity contribution in [2.24, 2.45) is 5.41 Å². The molecule has 0 amide bonds. The molecule has 68 valence electrons. The van der Waals surface area contributed by atoms with E-state index in [0.29, 0.717) is 11.5 Å². The van der Waals surface area contributed by atoms with Crippen LogP contribution in [-0.2, 0) is 0 Å². The average molecular weight is 165 g/mol. The molecule has 1 nitrogen and oxygen atoms in total. The molecule has 0 radical (unpaired) electrons. The summed E-state index contributed by atoms with van der Waals surface area (Å²) in [6.07, 6.45) is 9.11. The fraction of sp³-hybridized carbons (Fsp3) is 0.818. The monoisotopic (exact) mass is 165 g/mol. The summed E-state index contributed by atoms with van der Waals surface area (Å²) in [6, 6.07) is 0.830. The van der Waals surface area contributed by atoms with E-state index in [1.165, 1.54) is 12.8 Å². The minimum absolute atomic E-state index is 0.262. The van der Waals surface area contributed by atoms with E-state index in [4.69, 9.17) is 6.42 Å². The van der Waals surface area contributed by atoms with Gasteiger partial charge in [-0.15, -0.1) is 6.42 Å². The number of terminal acetylenes is 1. The predicted octanol–water partition coefficient (Wildman–Crippen LogP) is 2.18.